The average molecular weight is 473 g/mol. The Morgan fingerprint density at radius 1 is 1.11 bits per heavy atom. The van der Waals surface area contributed by atoms with Crippen molar-refractivity contribution in [2.75, 3.05) is 30.1 Å². The molecule has 4 N–H and O–H groups in total. The van der Waals surface area contributed by atoms with E-state index in [0.29, 0.717) is 12.2 Å². The van der Waals surface area contributed by atoms with Gasteiger partial charge in [0.25, 0.3) is 0 Å². The smallest absolute Gasteiger partial charge is 0.211 e. The zero-order valence-corrected chi connectivity index (χ0v) is 20.3. The summed E-state index contributed by atoms with van der Waals surface area (Å²) in [5, 5.41) is 5.74. The van der Waals surface area contributed by atoms with E-state index in [2.05, 4.69) is 49.8 Å². The molecule has 0 bridgehead atoms. The molecule has 0 saturated carbocycles. The minimum atomic E-state index is 0.570. The van der Waals surface area contributed by atoms with Gasteiger partial charge < -0.3 is 26.0 Å². The summed E-state index contributed by atoms with van der Waals surface area (Å²) in [7, 11) is 3.53. The molecule has 0 fully saturated rings. The number of benzene rings is 1. The number of amides is 1. The molecule has 0 spiro atoms. The summed E-state index contributed by atoms with van der Waals surface area (Å²) in [4.78, 5) is 21.1. The molecule has 1 aromatic carbocycles. The molecular formula is C27H32N6O2. The lowest BCUT2D eigenvalue weighted by Gasteiger charge is -2.29. The Kier molecular flexibility index (Phi) is 7.82. The first-order chi connectivity index (χ1) is 17.1. The quantitative estimate of drug-likeness (QED) is 0.552. The predicted octanol–water partition coefficient (Wildman–Crippen LogP) is 4.46. The second kappa shape index (κ2) is 11.4. The number of fused-ring (bicyclic) bond motifs is 1. The standard InChI is InChI=1S/C19H23N5.C8H9NO2/c1-21-14-5-3-6-15(10-9-14)24-17-7-2-4-13(17)8-11-16-18(24)19(20)23-12-22-16;1-11-8-4-2-3-7(5-8)9-6-10/h5-6,9-10,12,21H,2-4,7-8,11H2,1H3,(H2,20,22,23);2-6H,1H3,(H,9,10). The van der Waals surface area contributed by atoms with Crippen molar-refractivity contribution in [2.45, 2.75) is 38.5 Å². The molecule has 0 radical (unpaired) electrons. The van der Waals surface area contributed by atoms with E-state index in [-0.39, 0.29) is 0 Å². The van der Waals surface area contributed by atoms with Gasteiger partial charge in [-0.1, -0.05) is 18.2 Å². The number of nitrogen functional groups attached to an aromatic ring is 1. The average Bonchev–Trinajstić information content (AvgIpc) is 3.12. The van der Waals surface area contributed by atoms with Gasteiger partial charge in [0.1, 0.15) is 17.8 Å². The number of hydrogen-bond donors (Lipinski definition) is 3. The van der Waals surface area contributed by atoms with Gasteiger partial charge in [0, 0.05) is 35.9 Å². The fraction of sp³-hybridized carbons (Fsp3) is 0.296. The van der Waals surface area contributed by atoms with Crippen molar-refractivity contribution in [3.8, 4) is 5.75 Å². The van der Waals surface area contributed by atoms with Gasteiger partial charge in [0.05, 0.1) is 12.8 Å². The van der Waals surface area contributed by atoms with Crippen LogP contribution in [0.4, 0.5) is 17.2 Å². The predicted molar refractivity (Wildman–Crippen MR) is 140 cm³/mol. The Labute approximate surface area is 206 Å². The van der Waals surface area contributed by atoms with Crippen LogP contribution in [0.1, 0.15) is 37.8 Å². The molecule has 1 aliphatic heterocycles. The molecule has 8 nitrogen and oxygen atoms in total. The zero-order valence-electron chi connectivity index (χ0n) is 20.3. The van der Waals surface area contributed by atoms with Crippen LogP contribution in [-0.2, 0) is 11.2 Å². The van der Waals surface area contributed by atoms with Crippen LogP contribution in [0, 0.1) is 0 Å². The van der Waals surface area contributed by atoms with Crippen LogP contribution in [0.2, 0.25) is 0 Å². The lowest BCUT2D eigenvalue weighted by molar-refractivity contribution is -0.105. The van der Waals surface area contributed by atoms with Crippen LogP contribution >= 0.6 is 0 Å². The molecule has 2 aliphatic carbocycles. The van der Waals surface area contributed by atoms with Gasteiger partial charge in [0.15, 0.2) is 5.82 Å². The Morgan fingerprint density at radius 2 is 2.00 bits per heavy atom. The molecule has 5 rings (SSSR count). The number of anilines is 3. The van der Waals surface area contributed by atoms with Crippen molar-refractivity contribution < 1.29 is 9.53 Å². The summed E-state index contributed by atoms with van der Waals surface area (Å²) in [6.07, 6.45) is 17.4. The maximum Gasteiger partial charge on any atom is 0.211 e. The number of hydrogen-bond acceptors (Lipinski definition) is 7. The molecule has 0 saturated heterocycles. The zero-order chi connectivity index (χ0) is 24.6. The van der Waals surface area contributed by atoms with E-state index < -0.39 is 0 Å². The van der Waals surface area contributed by atoms with Crippen molar-refractivity contribution in [2.24, 2.45) is 0 Å². The molecule has 1 aromatic heterocycles. The largest absolute Gasteiger partial charge is 0.497 e. The number of nitrogens with zero attached hydrogens (tertiary/aromatic N) is 3. The molecule has 0 atom stereocenters. The highest BCUT2D eigenvalue weighted by molar-refractivity contribution is 5.75. The second-order valence-corrected chi connectivity index (χ2v) is 8.40. The minimum absolute atomic E-state index is 0.570. The van der Waals surface area contributed by atoms with E-state index in [4.69, 9.17) is 10.5 Å². The van der Waals surface area contributed by atoms with Crippen molar-refractivity contribution >= 4 is 23.6 Å². The van der Waals surface area contributed by atoms with Gasteiger partial charge in [0.2, 0.25) is 6.41 Å². The number of aryl methyl sites for hydroxylation is 1. The first-order valence-corrected chi connectivity index (χ1v) is 11.8. The van der Waals surface area contributed by atoms with Gasteiger partial charge in [-0.15, -0.1) is 0 Å². The molecular weight excluding hydrogens is 440 g/mol. The highest BCUT2D eigenvalue weighted by Crippen LogP contribution is 2.43. The van der Waals surface area contributed by atoms with Crippen LogP contribution in [0.25, 0.3) is 0 Å². The summed E-state index contributed by atoms with van der Waals surface area (Å²) >= 11 is 0. The molecule has 182 valence electrons. The Bertz CT molecular complexity index is 1200. The number of methoxy groups -OCH3 is 1. The topological polar surface area (TPSA) is 105 Å². The Balaban J connectivity index is 0.000000221. The van der Waals surface area contributed by atoms with Gasteiger partial charge in [-0.05, 0) is 68.4 Å². The van der Waals surface area contributed by atoms with E-state index in [1.165, 1.54) is 18.5 Å². The lowest BCUT2D eigenvalue weighted by Crippen LogP contribution is -2.23. The molecule has 3 aliphatic rings. The molecule has 1 amide bonds. The number of allylic oxidation sites excluding steroid dienone is 6. The van der Waals surface area contributed by atoms with E-state index in [1.807, 2.05) is 19.2 Å². The van der Waals surface area contributed by atoms with Crippen LogP contribution in [0.5, 0.6) is 5.75 Å². The number of carbonyl (C=O) groups is 1. The number of nitrogens with one attached hydrogen (secondary N) is 2. The highest BCUT2D eigenvalue weighted by atomic mass is 16.5. The Hall–Kier alpha value is -4.07. The first-order valence-electron chi connectivity index (χ1n) is 11.8. The minimum Gasteiger partial charge on any atom is -0.497 e. The van der Waals surface area contributed by atoms with Crippen molar-refractivity contribution in [3.05, 3.63) is 83.3 Å². The first kappa shape index (κ1) is 24.1. The number of rotatable bonds is 5. The summed E-state index contributed by atoms with van der Waals surface area (Å²) in [6.45, 7) is 0. The van der Waals surface area contributed by atoms with Crippen molar-refractivity contribution in [1.82, 2.24) is 15.3 Å². The molecule has 2 heterocycles. The van der Waals surface area contributed by atoms with E-state index in [1.54, 1.807) is 31.1 Å². The third kappa shape index (κ3) is 5.54. The number of aromatic nitrogens is 2. The lowest BCUT2D eigenvalue weighted by atomic mass is 10.1. The molecule has 2 aromatic rings. The van der Waals surface area contributed by atoms with Gasteiger partial charge in [-0.25, -0.2) is 9.97 Å². The van der Waals surface area contributed by atoms with E-state index in [0.717, 1.165) is 59.9 Å². The molecule has 0 unspecified atom stereocenters. The van der Waals surface area contributed by atoms with Gasteiger partial charge >= 0.3 is 0 Å². The summed E-state index contributed by atoms with van der Waals surface area (Å²) in [5.74, 6) is 1.30. The number of likely N-dealkylation sites (N-methyl/N-ethyl adjacent to an activating group) is 1. The fourth-order valence-electron chi connectivity index (χ4n) is 4.63. The fourth-order valence-corrected chi connectivity index (χ4v) is 4.63. The summed E-state index contributed by atoms with van der Waals surface area (Å²) in [6, 6.07) is 7.16. The normalized spacial score (nSPS) is 16.5. The maximum absolute atomic E-state index is 10.0. The molecule has 8 heteroatoms. The van der Waals surface area contributed by atoms with E-state index >= 15 is 0 Å². The second-order valence-electron chi connectivity index (χ2n) is 8.40. The van der Waals surface area contributed by atoms with Crippen LogP contribution in [0.3, 0.4) is 0 Å². The SMILES string of the molecule is CNC1=CCC=C(N2C3=C(CCC3)CCc3ncnc(N)c32)C=C1.COc1cccc(NC=O)c1. The van der Waals surface area contributed by atoms with Crippen LogP contribution in [0.15, 0.2) is 77.6 Å². The number of carbonyl (C=O) groups excluding carboxylic acids is 1. The maximum atomic E-state index is 10.0. The number of ether oxygens (including phenoxy) is 1. The third-order valence-corrected chi connectivity index (χ3v) is 6.32. The molecule has 35 heavy (non-hydrogen) atoms. The Morgan fingerprint density at radius 3 is 2.80 bits per heavy atom. The monoisotopic (exact) mass is 472 g/mol. The van der Waals surface area contributed by atoms with E-state index in [9.17, 15) is 4.79 Å². The third-order valence-electron chi connectivity index (χ3n) is 6.32. The van der Waals surface area contributed by atoms with Crippen molar-refractivity contribution in [1.29, 1.82) is 0 Å². The van der Waals surface area contributed by atoms with Gasteiger partial charge in [-0.3, -0.25) is 4.79 Å². The van der Waals surface area contributed by atoms with Crippen LogP contribution in [-0.4, -0.2) is 30.5 Å². The van der Waals surface area contributed by atoms with Crippen molar-refractivity contribution in [3.63, 3.8) is 0 Å². The summed E-state index contributed by atoms with van der Waals surface area (Å²) in [5.41, 5.74) is 14.3. The van der Waals surface area contributed by atoms with Crippen LogP contribution < -0.4 is 26.0 Å². The highest BCUT2D eigenvalue weighted by Gasteiger charge is 2.30. The summed E-state index contributed by atoms with van der Waals surface area (Å²) < 4.78 is 4.95. The van der Waals surface area contributed by atoms with Gasteiger partial charge in [-0.2, -0.15) is 0 Å². The number of nitrogens with two attached hydrogens (primary N) is 1.